The van der Waals surface area contributed by atoms with Crippen LogP contribution in [0.15, 0.2) is 23.2 Å². The highest BCUT2D eigenvalue weighted by atomic mass is 32.2. The minimum atomic E-state index is -0.0481. The van der Waals surface area contributed by atoms with Gasteiger partial charge in [0.2, 0.25) is 5.91 Å². The molecule has 0 radical (unpaired) electrons. The average molecular weight is 426 g/mol. The number of benzene rings is 1. The molecular formula is C23H27N3O3S. The lowest BCUT2D eigenvalue weighted by Crippen LogP contribution is -2.32. The maximum atomic E-state index is 13.1. The zero-order chi connectivity index (χ0) is 21.8. The highest BCUT2D eigenvalue weighted by Crippen LogP contribution is 2.39. The summed E-state index contributed by atoms with van der Waals surface area (Å²) >= 11 is 1.34. The monoisotopic (exact) mass is 425 g/mol. The number of rotatable bonds is 6. The van der Waals surface area contributed by atoms with Crippen LogP contribution >= 0.6 is 11.8 Å². The van der Waals surface area contributed by atoms with E-state index in [-0.39, 0.29) is 17.7 Å². The Labute approximate surface area is 182 Å². The number of aryl methyl sites for hydroxylation is 1. The first-order chi connectivity index (χ1) is 14.4. The molecule has 0 spiro atoms. The minimum absolute atomic E-state index is 0.0361. The summed E-state index contributed by atoms with van der Waals surface area (Å²) in [5.74, 6) is 1.78. The van der Waals surface area contributed by atoms with Gasteiger partial charge >= 0.3 is 0 Å². The smallest absolute Gasteiger partial charge is 0.233 e. The van der Waals surface area contributed by atoms with E-state index >= 15 is 0 Å². The van der Waals surface area contributed by atoms with Gasteiger partial charge in [0.25, 0.3) is 0 Å². The zero-order valence-electron chi connectivity index (χ0n) is 18.1. The van der Waals surface area contributed by atoms with Crippen molar-refractivity contribution >= 4 is 17.7 Å². The van der Waals surface area contributed by atoms with Gasteiger partial charge in [-0.25, -0.2) is 4.98 Å². The number of likely N-dealkylation sites (tertiary alicyclic amines) is 1. The van der Waals surface area contributed by atoms with Gasteiger partial charge < -0.3 is 14.4 Å². The van der Waals surface area contributed by atoms with Crippen molar-refractivity contribution in [2.24, 2.45) is 0 Å². The molecule has 2 aromatic rings. The van der Waals surface area contributed by atoms with Crippen molar-refractivity contribution in [3.63, 3.8) is 0 Å². The molecule has 1 amide bonds. The third kappa shape index (κ3) is 4.24. The largest absolute Gasteiger partial charge is 0.497 e. The number of nitrogens with zero attached hydrogens (tertiary/aromatic N) is 3. The first kappa shape index (κ1) is 22.0. The van der Waals surface area contributed by atoms with Crippen molar-refractivity contribution in [2.75, 3.05) is 26.5 Å². The molecule has 0 aliphatic carbocycles. The highest BCUT2D eigenvalue weighted by molar-refractivity contribution is 8.00. The summed E-state index contributed by atoms with van der Waals surface area (Å²) in [6.07, 6.45) is 1.82. The molecule has 7 heteroatoms. The number of nitriles is 1. The number of hydrogen-bond acceptors (Lipinski definition) is 6. The Morgan fingerprint density at radius 1 is 1.27 bits per heavy atom. The number of thioether (sulfide) groups is 1. The standard InChI is InChI=1S/C23H27N3O3S/c1-14-15(2)19(12-24)23(25-16(14)3)30-13-22(27)26-10-6-7-20(26)18-11-17(28-4)8-9-21(18)29-5/h8-9,11,20H,6-7,10,13H2,1-5H3/t20-/m0/s1. The minimum Gasteiger partial charge on any atom is -0.497 e. The summed E-state index contributed by atoms with van der Waals surface area (Å²) < 4.78 is 10.9. The Bertz CT molecular complexity index is 1000. The maximum Gasteiger partial charge on any atom is 0.233 e. The lowest BCUT2D eigenvalue weighted by molar-refractivity contribution is -0.129. The summed E-state index contributed by atoms with van der Waals surface area (Å²) in [6.45, 7) is 6.53. The molecule has 30 heavy (non-hydrogen) atoms. The van der Waals surface area contributed by atoms with Crippen LogP contribution in [0.25, 0.3) is 0 Å². The molecule has 0 saturated carbocycles. The molecule has 1 saturated heterocycles. The van der Waals surface area contributed by atoms with Crippen LogP contribution in [-0.4, -0.2) is 42.3 Å². The van der Waals surface area contributed by atoms with E-state index in [9.17, 15) is 10.1 Å². The van der Waals surface area contributed by atoms with Crippen molar-refractivity contribution in [1.29, 1.82) is 5.26 Å². The van der Waals surface area contributed by atoms with Crippen molar-refractivity contribution in [3.05, 3.63) is 46.1 Å². The van der Waals surface area contributed by atoms with Crippen LogP contribution in [-0.2, 0) is 4.79 Å². The van der Waals surface area contributed by atoms with Gasteiger partial charge in [-0.2, -0.15) is 5.26 Å². The second kappa shape index (κ2) is 9.40. The van der Waals surface area contributed by atoms with E-state index in [1.807, 2.05) is 43.9 Å². The highest BCUT2D eigenvalue weighted by Gasteiger charge is 2.32. The van der Waals surface area contributed by atoms with Crippen LogP contribution in [0.1, 0.15) is 46.8 Å². The topological polar surface area (TPSA) is 75.5 Å². The van der Waals surface area contributed by atoms with Crippen LogP contribution in [0.3, 0.4) is 0 Å². The molecule has 1 atom stereocenters. The Balaban J connectivity index is 1.81. The van der Waals surface area contributed by atoms with Gasteiger partial charge in [0.1, 0.15) is 22.6 Å². The van der Waals surface area contributed by atoms with E-state index in [4.69, 9.17) is 9.47 Å². The van der Waals surface area contributed by atoms with Crippen LogP contribution < -0.4 is 9.47 Å². The predicted molar refractivity (Wildman–Crippen MR) is 117 cm³/mol. The fourth-order valence-electron chi connectivity index (χ4n) is 3.85. The number of hydrogen-bond donors (Lipinski definition) is 0. The van der Waals surface area contributed by atoms with E-state index in [0.29, 0.717) is 17.1 Å². The number of carbonyl (C=O) groups is 1. The van der Waals surface area contributed by atoms with Crippen molar-refractivity contribution < 1.29 is 14.3 Å². The third-order valence-corrected chi connectivity index (χ3v) is 6.74. The van der Waals surface area contributed by atoms with Crippen molar-refractivity contribution in [3.8, 4) is 17.6 Å². The Morgan fingerprint density at radius 3 is 2.70 bits per heavy atom. The lowest BCUT2D eigenvalue weighted by Gasteiger charge is -2.26. The molecule has 0 unspecified atom stereocenters. The number of amides is 1. The second-order valence-corrected chi connectivity index (χ2v) is 8.34. The molecule has 0 bridgehead atoms. The van der Waals surface area contributed by atoms with Crippen LogP contribution in [0, 0.1) is 32.1 Å². The predicted octanol–water partition coefficient (Wildman–Crippen LogP) is 4.35. The Kier molecular flexibility index (Phi) is 6.88. The molecule has 1 aromatic carbocycles. The van der Waals surface area contributed by atoms with Gasteiger partial charge in [-0.05, 0) is 62.9 Å². The Hall–Kier alpha value is -2.72. The summed E-state index contributed by atoms with van der Waals surface area (Å²) in [6, 6.07) is 7.89. The van der Waals surface area contributed by atoms with Gasteiger partial charge in [-0.1, -0.05) is 11.8 Å². The summed E-state index contributed by atoms with van der Waals surface area (Å²) in [5, 5.41) is 10.2. The lowest BCUT2D eigenvalue weighted by atomic mass is 10.0. The van der Waals surface area contributed by atoms with E-state index in [1.165, 1.54) is 11.8 Å². The second-order valence-electron chi connectivity index (χ2n) is 7.38. The summed E-state index contributed by atoms with van der Waals surface area (Å²) in [4.78, 5) is 19.6. The molecule has 3 rings (SSSR count). The van der Waals surface area contributed by atoms with Crippen molar-refractivity contribution in [1.82, 2.24) is 9.88 Å². The normalized spacial score (nSPS) is 15.7. The Morgan fingerprint density at radius 2 is 2.03 bits per heavy atom. The summed E-state index contributed by atoms with van der Waals surface area (Å²) in [7, 11) is 3.27. The first-order valence-corrected chi connectivity index (χ1v) is 10.9. The van der Waals surface area contributed by atoms with Gasteiger partial charge in [-0.3, -0.25) is 4.79 Å². The molecule has 1 aromatic heterocycles. The maximum absolute atomic E-state index is 13.1. The fraction of sp³-hybridized carbons (Fsp3) is 0.435. The van der Waals surface area contributed by atoms with Crippen molar-refractivity contribution in [2.45, 2.75) is 44.7 Å². The van der Waals surface area contributed by atoms with Gasteiger partial charge in [0.05, 0.1) is 31.6 Å². The number of ether oxygens (including phenoxy) is 2. The summed E-state index contributed by atoms with van der Waals surface area (Å²) in [5.41, 5.74) is 4.36. The fourth-order valence-corrected chi connectivity index (χ4v) is 4.82. The first-order valence-electron chi connectivity index (χ1n) is 9.93. The number of carbonyl (C=O) groups excluding carboxylic acids is 1. The number of aromatic nitrogens is 1. The molecule has 6 nitrogen and oxygen atoms in total. The zero-order valence-corrected chi connectivity index (χ0v) is 18.9. The van der Waals surface area contributed by atoms with Crippen LogP contribution in [0.2, 0.25) is 0 Å². The van der Waals surface area contributed by atoms with Gasteiger partial charge in [0.15, 0.2) is 0 Å². The van der Waals surface area contributed by atoms with Gasteiger partial charge in [-0.15, -0.1) is 0 Å². The van der Waals surface area contributed by atoms with E-state index in [0.717, 1.165) is 46.7 Å². The van der Waals surface area contributed by atoms with E-state index in [2.05, 4.69) is 11.1 Å². The van der Waals surface area contributed by atoms with Crippen LogP contribution in [0.4, 0.5) is 0 Å². The quantitative estimate of drug-likeness (QED) is 0.641. The molecular weight excluding hydrogens is 398 g/mol. The molecule has 2 heterocycles. The van der Waals surface area contributed by atoms with E-state index in [1.54, 1.807) is 14.2 Å². The third-order valence-electron chi connectivity index (χ3n) is 5.78. The molecule has 1 aliphatic heterocycles. The average Bonchev–Trinajstić information content (AvgIpc) is 3.25. The SMILES string of the molecule is COc1ccc(OC)c([C@@H]2CCCN2C(=O)CSc2nc(C)c(C)c(C)c2C#N)c1. The van der Waals surface area contributed by atoms with E-state index < -0.39 is 0 Å². The molecule has 158 valence electrons. The number of methoxy groups -OCH3 is 2. The van der Waals surface area contributed by atoms with Crippen LogP contribution in [0.5, 0.6) is 11.5 Å². The number of pyridine rings is 1. The van der Waals surface area contributed by atoms with Gasteiger partial charge in [0, 0.05) is 17.8 Å². The molecule has 1 fully saturated rings. The molecule has 1 aliphatic rings. The molecule has 0 N–H and O–H groups in total.